The summed E-state index contributed by atoms with van der Waals surface area (Å²) in [5, 5.41) is 0. The number of hydrogen-bond donors (Lipinski definition) is 0. The van der Waals surface area contributed by atoms with Crippen LogP contribution < -0.4 is 0 Å². The molecule has 84 valence electrons. The molecule has 0 saturated heterocycles. The summed E-state index contributed by atoms with van der Waals surface area (Å²) in [6, 6.07) is 4.11. The van der Waals surface area contributed by atoms with Gasteiger partial charge < -0.3 is 0 Å². The molecule has 2 nitrogen and oxygen atoms in total. The minimum atomic E-state index is -5.11. The minimum absolute atomic E-state index is 0.590. The Labute approximate surface area is 83.7 Å². The third kappa shape index (κ3) is 3.50. The van der Waals surface area contributed by atoms with Crippen molar-refractivity contribution < 1.29 is 25.5 Å². The number of benzene rings is 1. The first-order valence-electron chi connectivity index (χ1n) is 3.79. The van der Waals surface area contributed by atoms with Gasteiger partial charge in [-0.1, -0.05) is 18.2 Å². The highest BCUT2D eigenvalue weighted by Gasteiger charge is 2.30. The normalized spacial score (nSPS) is 12.8. The second kappa shape index (κ2) is 3.80. The third-order valence-electron chi connectivity index (χ3n) is 1.63. The molecular formula is C8H6F4O2S. The standard InChI is InChI=1S/C8H6F4O2S/c9-8(10,11)5-6-3-1-2-4-7(6)15(12,13)14/h1-4H,5H2. The summed E-state index contributed by atoms with van der Waals surface area (Å²) >= 11 is 0. The summed E-state index contributed by atoms with van der Waals surface area (Å²) in [6.07, 6.45) is -6.03. The molecule has 0 aromatic heterocycles. The van der Waals surface area contributed by atoms with Crippen LogP contribution in [0, 0.1) is 0 Å². The van der Waals surface area contributed by atoms with Crippen molar-refractivity contribution in [3.63, 3.8) is 0 Å². The molecule has 0 aliphatic carbocycles. The topological polar surface area (TPSA) is 34.1 Å². The van der Waals surface area contributed by atoms with Crippen LogP contribution in [0.1, 0.15) is 5.56 Å². The Kier molecular flexibility index (Phi) is 3.03. The van der Waals surface area contributed by atoms with Crippen LogP contribution in [0.4, 0.5) is 17.1 Å². The molecule has 1 aromatic rings. The third-order valence-corrected chi connectivity index (χ3v) is 2.55. The van der Waals surface area contributed by atoms with Crippen molar-refractivity contribution in [3.8, 4) is 0 Å². The highest BCUT2D eigenvalue weighted by molar-refractivity contribution is 7.86. The van der Waals surface area contributed by atoms with Crippen molar-refractivity contribution in [2.45, 2.75) is 17.5 Å². The molecule has 7 heteroatoms. The van der Waals surface area contributed by atoms with E-state index in [0.29, 0.717) is 0 Å². The predicted octanol–water partition coefficient (Wildman–Crippen LogP) is 2.45. The van der Waals surface area contributed by atoms with Crippen molar-refractivity contribution >= 4 is 10.2 Å². The lowest BCUT2D eigenvalue weighted by molar-refractivity contribution is -0.127. The van der Waals surface area contributed by atoms with Gasteiger partial charge in [-0.05, 0) is 11.6 Å². The molecule has 0 amide bonds. The first-order chi connectivity index (χ1) is 6.70. The fourth-order valence-electron chi connectivity index (χ4n) is 1.10. The molecule has 0 saturated carbocycles. The fraction of sp³-hybridized carbons (Fsp3) is 0.250. The molecular weight excluding hydrogens is 236 g/mol. The second-order valence-electron chi connectivity index (χ2n) is 2.84. The Hall–Kier alpha value is -1.11. The molecule has 0 N–H and O–H groups in total. The predicted molar refractivity (Wildman–Crippen MR) is 44.5 cm³/mol. The van der Waals surface area contributed by atoms with Gasteiger partial charge in [-0.3, -0.25) is 0 Å². The Balaban J connectivity index is 3.20. The zero-order valence-electron chi connectivity index (χ0n) is 7.25. The molecule has 0 aliphatic heterocycles. The summed E-state index contributed by atoms with van der Waals surface area (Å²) < 4.78 is 69.5. The van der Waals surface area contributed by atoms with Crippen molar-refractivity contribution in [2.75, 3.05) is 0 Å². The molecule has 0 bridgehead atoms. The van der Waals surface area contributed by atoms with Crippen LogP contribution >= 0.6 is 0 Å². The Bertz CT molecular complexity index is 450. The lowest BCUT2D eigenvalue weighted by atomic mass is 10.1. The molecule has 0 heterocycles. The summed E-state index contributed by atoms with van der Waals surface area (Å²) in [4.78, 5) is -0.928. The van der Waals surface area contributed by atoms with E-state index in [9.17, 15) is 25.5 Å². The summed E-state index contributed by atoms with van der Waals surface area (Å²) in [5.41, 5.74) is -0.590. The highest BCUT2D eigenvalue weighted by Crippen LogP contribution is 2.26. The van der Waals surface area contributed by atoms with E-state index in [1.54, 1.807) is 0 Å². The first kappa shape index (κ1) is 12.0. The molecule has 0 unspecified atom stereocenters. The average Bonchev–Trinajstić information content (AvgIpc) is 1.99. The largest absolute Gasteiger partial charge is 0.393 e. The van der Waals surface area contributed by atoms with Crippen molar-refractivity contribution in [2.24, 2.45) is 0 Å². The molecule has 0 aliphatic rings. The van der Waals surface area contributed by atoms with Gasteiger partial charge in [0.1, 0.15) is 4.90 Å². The zero-order chi connectivity index (χ0) is 11.7. The Morgan fingerprint density at radius 3 is 2.13 bits per heavy atom. The average molecular weight is 242 g/mol. The van der Waals surface area contributed by atoms with Gasteiger partial charge in [0.05, 0.1) is 6.42 Å². The van der Waals surface area contributed by atoms with E-state index < -0.39 is 33.3 Å². The fourth-order valence-corrected chi connectivity index (χ4v) is 1.80. The number of rotatable bonds is 2. The van der Waals surface area contributed by atoms with Crippen LogP contribution in [0.25, 0.3) is 0 Å². The van der Waals surface area contributed by atoms with Crippen molar-refractivity contribution in [3.05, 3.63) is 29.8 Å². The number of halogens is 4. The lowest BCUT2D eigenvalue weighted by Crippen LogP contribution is -2.13. The first-order valence-corrected chi connectivity index (χ1v) is 5.18. The highest BCUT2D eigenvalue weighted by atomic mass is 32.3. The van der Waals surface area contributed by atoms with Gasteiger partial charge in [0.15, 0.2) is 0 Å². The number of alkyl halides is 3. The minimum Gasteiger partial charge on any atom is -0.189 e. The molecule has 0 fully saturated rings. The van der Waals surface area contributed by atoms with E-state index in [-0.39, 0.29) is 0 Å². The smallest absolute Gasteiger partial charge is 0.189 e. The maximum atomic E-state index is 12.6. The van der Waals surface area contributed by atoms with E-state index >= 15 is 0 Å². The van der Waals surface area contributed by atoms with Gasteiger partial charge >= 0.3 is 16.4 Å². The van der Waals surface area contributed by atoms with Crippen LogP contribution in [0.2, 0.25) is 0 Å². The summed E-state index contributed by atoms with van der Waals surface area (Å²) in [7, 11) is -5.11. The molecule has 1 aromatic carbocycles. The Morgan fingerprint density at radius 2 is 1.67 bits per heavy atom. The molecule has 1 rings (SSSR count). The van der Waals surface area contributed by atoms with Crippen molar-refractivity contribution in [1.82, 2.24) is 0 Å². The van der Waals surface area contributed by atoms with Crippen molar-refractivity contribution in [1.29, 1.82) is 0 Å². The maximum absolute atomic E-state index is 12.6. The van der Waals surface area contributed by atoms with Gasteiger partial charge in [0.25, 0.3) is 0 Å². The van der Waals surface area contributed by atoms with E-state index in [1.165, 1.54) is 6.07 Å². The van der Waals surface area contributed by atoms with Crippen LogP contribution in [-0.4, -0.2) is 14.6 Å². The van der Waals surface area contributed by atoms with Crippen LogP contribution in [-0.2, 0) is 16.6 Å². The Morgan fingerprint density at radius 1 is 1.13 bits per heavy atom. The van der Waals surface area contributed by atoms with E-state index in [0.717, 1.165) is 18.2 Å². The summed E-state index contributed by atoms with van der Waals surface area (Å²) in [6.45, 7) is 0. The molecule has 0 radical (unpaired) electrons. The SMILES string of the molecule is O=S(=O)(F)c1ccccc1CC(F)(F)F. The summed E-state index contributed by atoms with van der Waals surface area (Å²) in [5.74, 6) is 0. The van der Waals surface area contributed by atoms with Crippen LogP contribution in [0.15, 0.2) is 29.2 Å². The quantitative estimate of drug-likeness (QED) is 0.589. The van der Waals surface area contributed by atoms with Gasteiger partial charge in [0.2, 0.25) is 0 Å². The zero-order valence-corrected chi connectivity index (χ0v) is 8.07. The lowest BCUT2D eigenvalue weighted by Gasteiger charge is -2.08. The van der Waals surface area contributed by atoms with Crippen LogP contribution in [0.3, 0.4) is 0 Å². The molecule has 0 atom stereocenters. The van der Waals surface area contributed by atoms with Crippen LogP contribution in [0.5, 0.6) is 0 Å². The number of hydrogen-bond acceptors (Lipinski definition) is 2. The van der Waals surface area contributed by atoms with E-state index in [1.807, 2.05) is 0 Å². The monoisotopic (exact) mass is 242 g/mol. The van der Waals surface area contributed by atoms with E-state index in [2.05, 4.69) is 0 Å². The molecule has 15 heavy (non-hydrogen) atoms. The van der Waals surface area contributed by atoms with Gasteiger partial charge in [-0.15, -0.1) is 3.89 Å². The van der Waals surface area contributed by atoms with Gasteiger partial charge in [-0.25, -0.2) is 0 Å². The maximum Gasteiger partial charge on any atom is 0.393 e. The molecule has 0 spiro atoms. The van der Waals surface area contributed by atoms with E-state index in [4.69, 9.17) is 0 Å². The van der Waals surface area contributed by atoms with Gasteiger partial charge in [0, 0.05) is 0 Å². The second-order valence-corrected chi connectivity index (χ2v) is 4.15. The van der Waals surface area contributed by atoms with Gasteiger partial charge in [-0.2, -0.15) is 21.6 Å².